The van der Waals surface area contributed by atoms with Gasteiger partial charge in [-0.1, -0.05) is 13.8 Å². The van der Waals surface area contributed by atoms with Crippen LogP contribution in [0.25, 0.3) is 0 Å². The summed E-state index contributed by atoms with van der Waals surface area (Å²) in [5.74, 6) is -1.99. The first kappa shape index (κ1) is 13.3. The molecule has 0 aromatic carbocycles. The van der Waals surface area contributed by atoms with Gasteiger partial charge in [-0.15, -0.1) is 0 Å². The summed E-state index contributed by atoms with van der Waals surface area (Å²) >= 11 is 0. The molecule has 1 saturated heterocycles. The van der Waals surface area contributed by atoms with Crippen molar-refractivity contribution in [2.75, 3.05) is 13.2 Å². The zero-order valence-electron chi connectivity index (χ0n) is 10.9. The van der Waals surface area contributed by atoms with Gasteiger partial charge in [0.25, 0.3) is 0 Å². The molecular formula is C13H21NO4. The van der Waals surface area contributed by atoms with Crippen LogP contribution in [0.4, 0.5) is 0 Å². The van der Waals surface area contributed by atoms with Gasteiger partial charge in [0.05, 0.1) is 24.5 Å². The van der Waals surface area contributed by atoms with Gasteiger partial charge in [0.1, 0.15) is 0 Å². The summed E-state index contributed by atoms with van der Waals surface area (Å²) in [7, 11) is 0. The van der Waals surface area contributed by atoms with E-state index in [4.69, 9.17) is 5.11 Å². The maximum atomic E-state index is 12.4. The molecule has 0 aromatic rings. The fraction of sp³-hybridized carbons (Fsp3) is 0.846. The van der Waals surface area contributed by atoms with E-state index >= 15 is 0 Å². The van der Waals surface area contributed by atoms with Crippen LogP contribution in [0.15, 0.2) is 0 Å². The highest BCUT2D eigenvalue weighted by atomic mass is 16.4. The van der Waals surface area contributed by atoms with Crippen LogP contribution in [-0.2, 0) is 9.59 Å². The molecule has 1 amide bonds. The number of hydrogen-bond acceptors (Lipinski definition) is 3. The van der Waals surface area contributed by atoms with Gasteiger partial charge in [-0.05, 0) is 24.7 Å². The number of carboxylic acid groups (broad SMARTS) is 1. The Labute approximate surface area is 107 Å². The van der Waals surface area contributed by atoms with E-state index < -0.39 is 23.2 Å². The van der Waals surface area contributed by atoms with Crippen LogP contribution in [0.1, 0.15) is 33.1 Å². The standard InChI is InChI=1S/C13H21NO4/c1-13(2)9(10(13)12(17)18)11(16)14-6-4-3-5-8(14)7-15/h8-10,15H,3-7H2,1-2H3,(H,17,18). The minimum atomic E-state index is -0.893. The van der Waals surface area contributed by atoms with Crippen molar-refractivity contribution in [2.24, 2.45) is 17.3 Å². The van der Waals surface area contributed by atoms with Crippen LogP contribution in [0.5, 0.6) is 0 Å². The van der Waals surface area contributed by atoms with Crippen LogP contribution < -0.4 is 0 Å². The zero-order chi connectivity index (χ0) is 13.5. The smallest absolute Gasteiger partial charge is 0.307 e. The first-order valence-corrected chi connectivity index (χ1v) is 6.55. The molecule has 1 aliphatic heterocycles. The number of amides is 1. The Morgan fingerprint density at radius 2 is 1.94 bits per heavy atom. The molecule has 0 aromatic heterocycles. The Hall–Kier alpha value is -1.10. The molecule has 18 heavy (non-hydrogen) atoms. The molecule has 2 fully saturated rings. The van der Waals surface area contributed by atoms with Crippen molar-refractivity contribution in [3.05, 3.63) is 0 Å². The summed E-state index contributed by atoms with van der Waals surface area (Å²) < 4.78 is 0. The van der Waals surface area contributed by atoms with Crippen LogP contribution in [0.2, 0.25) is 0 Å². The van der Waals surface area contributed by atoms with Gasteiger partial charge < -0.3 is 15.1 Å². The number of carboxylic acids is 1. The van der Waals surface area contributed by atoms with E-state index in [1.165, 1.54) is 0 Å². The zero-order valence-corrected chi connectivity index (χ0v) is 10.9. The van der Waals surface area contributed by atoms with E-state index in [0.29, 0.717) is 6.54 Å². The highest BCUT2D eigenvalue weighted by Crippen LogP contribution is 2.59. The Bertz CT molecular complexity index is 366. The maximum absolute atomic E-state index is 12.4. The fourth-order valence-electron chi connectivity index (χ4n) is 3.22. The van der Waals surface area contributed by atoms with Gasteiger partial charge in [-0.25, -0.2) is 0 Å². The number of aliphatic hydroxyl groups is 1. The van der Waals surface area contributed by atoms with Crippen LogP contribution in [0, 0.1) is 17.3 Å². The molecule has 1 aliphatic carbocycles. The van der Waals surface area contributed by atoms with E-state index in [9.17, 15) is 14.7 Å². The fourth-order valence-corrected chi connectivity index (χ4v) is 3.22. The van der Waals surface area contributed by atoms with Gasteiger partial charge in [0.15, 0.2) is 0 Å². The van der Waals surface area contributed by atoms with Crippen LogP contribution in [-0.4, -0.2) is 46.2 Å². The SMILES string of the molecule is CC1(C)C(C(=O)O)C1C(=O)N1CCCCC1CO. The Kier molecular flexibility index (Phi) is 3.36. The third-order valence-electron chi connectivity index (χ3n) is 4.48. The Balaban J connectivity index is 2.10. The predicted molar refractivity (Wildman–Crippen MR) is 64.8 cm³/mol. The topological polar surface area (TPSA) is 77.8 Å². The molecule has 3 unspecified atom stereocenters. The predicted octanol–water partition coefficient (Wildman–Crippen LogP) is 0.717. The number of aliphatic carboxylic acids is 1. The number of piperidine rings is 1. The van der Waals surface area contributed by atoms with Crippen molar-refractivity contribution in [1.82, 2.24) is 4.90 Å². The molecule has 2 N–H and O–H groups in total. The normalized spacial score (nSPS) is 34.2. The summed E-state index contributed by atoms with van der Waals surface area (Å²) in [6, 6.07) is -0.128. The first-order chi connectivity index (χ1) is 8.41. The molecule has 2 aliphatic rings. The lowest BCUT2D eigenvalue weighted by Crippen LogP contribution is -2.47. The van der Waals surface area contributed by atoms with Crippen LogP contribution in [0.3, 0.4) is 0 Å². The van der Waals surface area contributed by atoms with Crippen LogP contribution >= 0.6 is 0 Å². The molecular weight excluding hydrogens is 234 g/mol. The first-order valence-electron chi connectivity index (χ1n) is 6.55. The molecule has 0 radical (unpaired) electrons. The number of rotatable bonds is 3. The minimum Gasteiger partial charge on any atom is -0.481 e. The molecule has 2 rings (SSSR count). The van der Waals surface area contributed by atoms with Crippen molar-refractivity contribution in [2.45, 2.75) is 39.2 Å². The highest BCUT2D eigenvalue weighted by molar-refractivity contribution is 5.91. The summed E-state index contributed by atoms with van der Waals surface area (Å²) in [5.41, 5.74) is -0.458. The second-order valence-electron chi connectivity index (χ2n) is 5.98. The minimum absolute atomic E-state index is 0.0311. The molecule has 0 spiro atoms. The molecule has 5 heteroatoms. The van der Waals surface area contributed by atoms with Crippen molar-refractivity contribution in [3.8, 4) is 0 Å². The lowest BCUT2D eigenvalue weighted by molar-refractivity contribution is -0.143. The lowest BCUT2D eigenvalue weighted by atomic mass is 10.0. The van der Waals surface area contributed by atoms with E-state index in [0.717, 1.165) is 19.3 Å². The Morgan fingerprint density at radius 3 is 2.44 bits per heavy atom. The van der Waals surface area contributed by atoms with Crippen molar-refractivity contribution < 1.29 is 19.8 Å². The average molecular weight is 255 g/mol. The van der Waals surface area contributed by atoms with E-state index in [1.807, 2.05) is 13.8 Å². The summed E-state index contributed by atoms with van der Waals surface area (Å²) in [4.78, 5) is 25.2. The average Bonchev–Trinajstić information content (AvgIpc) is 2.91. The number of carbonyl (C=O) groups excluding carboxylic acids is 1. The number of hydrogen-bond donors (Lipinski definition) is 2. The molecule has 5 nitrogen and oxygen atoms in total. The molecule has 1 heterocycles. The summed E-state index contributed by atoms with van der Waals surface area (Å²) in [6.45, 7) is 4.26. The summed E-state index contributed by atoms with van der Waals surface area (Å²) in [5, 5.41) is 18.4. The number of aliphatic hydroxyl groups excluding tert-OH is 1. The van der Waals surface area contributed by atoms with Crippen molar-refractivity contribution in [1.29, 1.82) is 0 Å². The number of nitrogens with zero attached hydrogens (tertiary/aromatic N) is 1. The molecule has 1 saturated carbocycles. The summed E-state index contributed by atoms with van der Waals surface area (Å²) in [6.07, 6.45) is 2.77. The van der Waals surface area contributed by atoms with E-state index in [2.05, 4.69) is 0 Å². The highest BCUT2D eigenvalue weighted by Gasteiger charge is 2.66. The largest absolute Gasteiger partial charge is 0.481 e. The van der Waals surface area contributed by atoms with Gasteiger partial charge in [0.2, 0.25) is 5.91 Å². The van der Waals surface area contributed by atoms with Gasteiger partial charge >= 0.3 is 5.97 Å². The molecule has 102 valence electrons. The van der Waals surface area contributed by atoms with E-state index in [1.54, 1.807) is 4.90 Å². The molecule has 0 bridgehead atoms. The second-order valence-corrected chi connectivity index (χ2v) is 5.98. The second kappa shape index (κ2) is 4.53. The third kappa shape index (κ3) is 2.00. The van der Waals surface area contributed by atoms with Gasteiger partial charge in [-0.2, -0.15) is 0 Å². The monoisotopic (exact) mass is 255 g/mol. The Morgan fingerprint density at radius 1 is 1.28 bits per heavy atom. The lowest BCUT2D eigenvalue weighted by Gasteiger charge is -2.35. The van der Waals surface area contributed by atoms with Gasteiger partial charge in [0, 0.05) is 6.54 Å². The van der Waals surface area contributed by atoms with E-state index in [-0.39, 0.29) is 18.6 Å². The maximum Gasteiger partial charge on any atom is 0.307 e. The van der Waals surface area contributed by atoms with Crippen molar-refractivity contribution in [3.63, 3.8) is 0 Å². The number of carbonyl (C=O) groups is 2. The van der Waals surface area contributed by atoms with Gasteiger partial charge in [-0.3, -0.25) is 9.59 Å². The third-order valence-corrected chi connectivity index (χ3v) is 4.48. The van der Waals surface area contributed by atoms with Crippen molar-refractivity contribution >= 4 is 11.9 Å². The quantitative estimate of drug-likeness (QED) is 0.779. The molecule has 3 atom stereocenters. The number of likely N-dealkylation sites (tertiary alicyclic amines) is 1.